The summed E-state index contributed by atoms with van der Waals surface area (Å²) in [6.45, 7) is 2.59. The van der Waals surface area contributed by atoms with Gasteiger partial charge in [0.25, 0.3) is 0 Å². The highest BCUT2D eigenvalue weighted by Crippen LogP contribution is 2.28. The third-order valence-electron chi connectivity index (χ3n) is 3.87. The average molecular weight is 329 g/mol. The molecule has 2 aromatic carbocycles. The van der Waals surface area contributed by atoms with Crippen molar-refractivity contribution in [2.24, 2.45) is 11.0 Å². The van der Waals surface area contributed by atoms with Crippen molar-refractivity contribution < 1.29 is 9.90 Å². The lowest BCUT2D eigenvalue weighted by Gasteiger charge is -2.15. The molecule has 0 bridgehead atoms. The maximum absolute atomic E-state index is 11.2. The summed E-state index contributed by atoms with van der Waals surface area (Å²) < 4.78 is 0. The van der Waals surface area contributed by atoms with E-state index in [0.29, 0.717) is 11.6 Å². The zero-order valence-corrected chi connectivity index (χ0v) is 13.5. The molecule has 5 heteroatoms. The van der Waals surface area contributed by atoms with Crippen LogP contribution in [-0.4, -0.2) is 23.3 Å². The fourth-order valence-corrected chi connectivity index (χ4v) is 2.91. The van der Waals surface area contributed by atoms with Gasteiger partial charge in [0.2, 0.25) is 0 Å². The Labute approximate surface area is 140 Å². The first-order valence-electron chi connectivity index (χ1n) is 7.43. The number of hydrazone groups is 1. The number of rotatable bonds is 4. The highest BCUT2D eigenvalue weighted by Gasteiger charge is 2.30. The second-order valence-corrected chi connectivity index (χ2v) is 6.14. The minimum Gasteiger partial charge on any atom is -0.481 e. The van der Waals surface area contributed by atoms with Gasteiger partial charge in [0, 0.05) is 10.9 Å². The Bertz CT molecular complexity index is 756. The Hall–Kier alpha value is -2.33. The number of hydrogen-bond acceptors (Lipinski definition) is 3. The van der Waals surface area contributed by atoms with Crippen LogP contribution in [0.1, 0.15) is 17.5 Å². The van der Waals surface area contributed by atoms with Crippen LogP contribution in [0, 0.1) is 12.8 Å². The number of benzene rings is 2. The van der Waals surface area contributed by atoms with E-state index < -0.39 is 5.97 Å². The quantitative estimate of drug-likeness (QED) is 0.924. The van der Waals surface area contributed by atoms with Gasteiger partial charge < -0.3 is 5.11 Å². The van der Waals surface area contributed by atoms with Gasteiger partial charge in [-0.3, -0.25) is 9.80 Å². The van der Waals surface area contributed by atoms with Crippen LogP contribution in [-0.2, 0) is 4.79 Å². The lowest BCUT2D eigenvalue weighted by molar-refractivity contribution is -0.137. The van der Waals surface area contributed by atoms with Gasteiger partial charge in [-0.15, -0.1) is 0 Å². The fraction of sp³-hybridized carbons (Fsp3) is 0.222. The first-order chi connectivity index (χ1) is 11.0. The standard InChI is InChI=1S/C18H17ClN2O2/c1-12-3-2-4-16(9-12)21-11-14(10-17(22)23)18(20-21)13-5-7-15(19)8-6-13/h2-9,14H,10-11H2,1H3,(H,22,23). The molecule has 23 heavy (non-hydrogen) atoms. The zero-order chi connectivity index (χ0) is 16.4. The van der Waals surface area contributed by atoms with Crippen molar-refractivity contribution in [1.82, 2.24) is 0 Å². The van der Waals surface area contributed by atoms with Crippen LogP contribution in [0.15, 0.2) is 53.6 Å². The number of carboxylic acids is 1. The van der Waals surface area contributed by atoms with Crippen LogP contribution in [0.4, 0.5) is 5.69 Å². The first-order valence-corrected chi connectivity index (χ1v) is 7.81. The number of carboxylic acid groups (broad SMARTS) is 1. The maximum Gasteiger partial charge on any atom is 0.304 e. The highest BCUT2D eigenvalue weighted by atomic mass is 35.5. The Morgan fingerprint density at radius 2 is 2.04 bits per heavy atom. The van der Waals surface area contributed by atoms with Crippen molar-refractivity contribution in [3.8, 4) is 0 Å². The van der Waals surface area contributed by atoms with Crippen LogP contribution in [0.5, 0.6) is 0 Å². The number of aryl methyl sites for hydroxylation is 1. The SMILES string of the molecule is Cc1cccc(N2CC(CC(=O)O)C(c3ccc(Cl)cc3)=N2)c1. The number of hydrogen-bond donors (Lipinski definition) is 1. The van der Waals surface area contributed by atoms with Gasteiger partial charge in [0.05, 0.1) is 24.4 Å². The van der Waals surface area contributed by atoms with E-state index in [4.69, 9.17) is 11.6 Å². The minimum atomic E-state index is -0.817. The molecule has 0 saturated carbocycles. The Kier molecular flexibility index (Phi) is 4.35. The molecule has 3 rings (SSSR count). The monoisotopic (exact) mass is 328 g/mol. The average Bonchev–Trinajstić information content (AvgIpc) is 2.91. The molecule has 0 saturated heterocycles. The second kappa shape index (κ2) is 6.42. The Morgan fingerprint density at radius 3 is 2.70 bits per heavy atom. The van der Waals surface area contributed by atoms with Gasteiger partial charge in [-0.05, 0) is 42.3 Å². The molecule has 0 aromatic heterocycles. The molecular formula is C18H17ClN2O2. The summed E-state index contributed by atoms with van der Waals surface area (Å²) in [4.78, 5) is 11.2. The number of anilines is 1. The lowest BCUT2D eigenvalue weighted by atomic mass is 9.94. The van der Waals surface area contributed by atoms with E-state index in [9.17, 15) is 9.90 Å². The largest absolute Gasteiger partial charge is 0.481 e. The van der Waals surface area contributed by atoms with E-state index in [2.05, 4.69) is 5.10 Å². The van der Waals surface area contributed by atoms with Crippen molar-refractivity contribution in [2.45, 2.75) is 13.3 Å². The highest BCUT2D eigenvalue weighted by molar-refractivity contribution is 6.30. The molecular weight excluding hydrogens is 312 g/mol. The third-order valence-corrected chi connectivity index (χ3v) is 4.12. The summed E-state index contributed by atoms with van der Waals surface area (Å²) in [5, 5.41) is 16.4. The molecule has 0 amide bonds. The van der Waals surface area contributed by atoms with E-state index >= 15 is 0 Å². The summed E-state index contributed by atoms with van der Waals surface area (Å²) in [7, 11) is 0. The smallest absolute Gasteiger partial charge is 0.304 e. The van der Waals surface area contributed by atoms with Crippen molar-refractivity contribution in [3.63, 3.8) is 0 Å². The van der Waals surface area contributed by atoms with Gasteiger partial charge in [-0.25, -0.2) is 0 Å². The van der Waals surface area contributed by atoms with Crippen molar-refractivity contribution in [3.05, 3.63) is 64.7 Å². The van der Waals surface area contributed by atoms with Crippen molar-refractivity contribution in [1.29, 1.82) is 0 Å². The molecule has 2 aromatic rings. The third kappa shape index (κ3) is 3.54. The van der Waals surface area contributed by atoms with Gasteiger partial charge in [0.15, 0.2) is 0 Å². The van der Waals surface area contributed by atoms with E-state index in [1.807, 2.05) is 48.3 Å². The zero-order valence-electron chi connectivity index (χ0n) is 12.7. The summed E-state index contributed by atoms with van der Waals surface area (Å²) in [6.07, 6.45) is 0.0593. The molecule has 1 heterocycles. The van der Waals surface area contributed by atoms with Gasteiger partial charge >= 0.3 is 5.97 Å². The second-order valence-electron chi connectivity index (χ2n) is 5.71. The molecule has 0 radical (unpaired) electrons. The number of nitrogens with zero attached hydrogens (tertiary/aromatic N) is 2. The molecule has 1 atom stereocenters. The first kappa shape index (κ1) is 15.6. The van der Waals surface area contributed by atoms with E-state index in [-0.39, 0.29) is 12.3 Å². The Balaban J connectivity index is 1.95. The lowest BCUT2D eigenvalue weighted by Crippen LogP contribution is -2.22. The van der Waals surface area contributed by atoms with Crippen molar-refractivity contribution >= 4 is 29.0 Å². The topological polar surface area (TPSA) is 52.9 Å². The fourth-order valence-electron chi connectivity index (χ4n) is 2.79. The van der Waals surface area contributed by atoms with Gasteiger partial charge in [-0.1, -0.05) is 35.9 Å². The van der Waals surface area contributed by atoms with Crippen LogP contribution in [0.2, 0.25) is 5.02 Å². The number of carbonyl (C=O) groups is 1. The predicted molar refractivity (Wildman–Crippen MR) is 92.3 cm³/mol. The van der Waals surface area contributed by atoms with E-state index in [1.165, 1.54) is 0 Å². The Morgan fingerprint density at radius 1 is 1.30 bits per heavy atom. The predicted octanol–water partition coefficient (Wildman–Crippen LogP) is 3.96. The summed E-state index contributed by atoms with van der Waals surface area (Å²) >= 11 is 5.94. The molecule has 4 nitrogen and oxygen atoms in total. The summed E-state index contributed by atoms with van der Waals surface area (Å²) in [5.74, 6) is -0.961. The summed E-state index contributed by atoms with van der Waals surface area (Å²) in [5.41, 5.74) is 3.83. The molecule has 0 spiro atoms. The molecule has 118 valence electrons. The minimum absolute atomic E-state index is 0.0593. The summed E-state index contributed by atoms with van der Waals surface area (Å²) in [6, 6.07) is 15.4. The number of halogens is 1. The molecule has 1 aliphatic rings. The molecule has 0 fully saturated rings. The molecule has 1 N–H and O–H groups in total. The molecule has 1 aliphatic heterocycles. The number of aliphatic carboxylic acids is 1. The molecule has 1 unspecified atom stereocenters. The normalized spacial score (nSPS) is 17.2. The van der Waals surface area contributed by atoms with Crippen molar-refractivity contribution in [2.75, 3.05) is 11.6 Å². The van der Waals surface area contributed by atoms with Crippen LogP contribution >= 0.6 is 11.6 Å². The van der Waals surface area contributed by atoms with Crippen LogP contribution < -0.4 is 5.01 Å². The van der Waals surface area contributed by atoms with Gasteiger partial charge in [-0.2, -0.15) is 5.10 Å². The van der Waals surface area contributed by atoms with Crippen LogP contribution in [0.25, 0.3) is 0 Å². The molecule has 0 aliphatic carbocycles. The van der Waals surface area contributed by atoms with Gasteiger partial charge in [0.1, 0.15) is 0 Å². The van der Waals surface area contributed by atoms with Crippen LogP contribution in [0.3, 0.4) is 0 Å². The van der Waals surface area contributed by atoms with E-state index in [0.717, 1.165) is 22.5 Å². The van der Waals surface area contributed by atoms with E-state index in [1.54, 1.807) is 12.1 Å². The maximum atomic E-state index is 11.2.